The molecule has 24 heavy (non-hydrogen) atoms. The fraction of sp³-hybridized carbons (Fsp3) is 0.0588. The van der Waals surface area contributed by atoms with Gasteiger partial charge in [0, 0.05) is 0 Å². The lowest BCUT2D eigenvalue weighted by molar-refractivity contribution is -0.139. The Morgan fingerprint density at radius 1 is 1.29 bits per heavy atom. The van der Waals surface area contributed by atoms with Crippen molar-refractivity contribution in [2.24, 2.45) is 0 Å². The smallest absolute Gasteiger partial charge is 0.341 e. The maximum atomic E-state index is 13.3. The highest BCUT2D eigenvalue weighted by Gasteiger charge is 2.12. The van der Waals surface area contributed by atoms with Crippen LogP contribution in [0.2, 0.25) is 10.0 Å². The van der Waals surface area contributed by atoms with Gasteiger partial charge in [0.25, 0.3) is 0 Å². The SMILES string of the molecule is N#C/C(=C\c1cc(Cl)c(OCC(=O)O)c(Cl)c1)c1cccc(F)c1. The number of hydrogen-bond donors (Lipinski definition) is 1. The lowest BCUT2D eigenvalue weighted by atomic mass is 10.0. The second-order valence-electron chi connectivity index (χ2n) is 4.68. The summed E-state index contributed by atoms with van der Waals surface area (Å²) in [6, 6.07) is 10.6. The van der Waals surface area contributed by atoms with Crippen LogP contribution in [-0.2, 0) is 4.79 Å². The van der Waals surface area contributed by atoms with E-state index in [1.165, 1.54) is 36.4 Å². The first-order valence-electron chi connectivity index (χ1n) is 6.62. The molecule has 122 valence electrons. The Morgan fingerprint density at radius 3 is 2.50 bits per heavy atom. The Bertz CT molecular complexity index is 836. The largest absolute Gasteiger partial charge is 0.479 e. The van der Waals surface area contributed by atoms with Crippen LogP contribution in [0.15, 0.2) is 36.4 Å². The Hall–Kier alpha value is -2.55. The number of ether oxygens (including phenoxy) is 1. The van der Waals surface area contributed by atoms with Gasteiger partial charge in [-0.25, -0.2) is 9.18 Å². The van der Waals surface area contributed by atoms with E-state index in [9.17, 15) is 14.4 Å². The molecule has 2 aromatic rings. The minimum atomic E-state index is -1.16. The van der Waals surface area contributed by atoms with Gasteiger partial charge in [0.15, 0.2) is 12.4 Å². The molecule has 2 rings (SSSR count). The van der Waals surface area contributed by atoms with Crippen molar-refractivity contribution in [2.45, 2.75) is 0 Å². The Balaban J connectivity index is 2.38. The molecule has 7 heteroatoms. The molecule has 4 nitrogen and oxygen atoms in total. The van der Waals surface area contributed by atoms with Gasteiger partial charge >= 0.3 is 5.97 Å². The van der Waals surface area contributed by atoms with E-state index in [4.69, 9.17) is 33.0 Å². The monoisotopic (exact) mass is 365 g/mol. The molecule has 0 saturated heterocycles. The number of carboxylic acids is 1. The molecular weight excluding hydrogens is 356 g/mol. The fourth-order valence-corrected chi connectivity index (χ4v) is 2.55. The number of allylic oxidation sites excluding steroid dienone is 1. The van der Waals surface area contributed by atoms with Crippen LogP contribution in [0.25, 0.3) is 11.6 Å². The first-order chi connectivity index (χ1) is 11.4. The van der Waals surface area contributed by atoms with Crippen molar-refractivity contribution in [3.63, 3.8) is 0 Å². The number of nitrogens with zero attached hydrogens (tertiary/aromatic N) is 1. The summed E-state index contributed by atoms with van der Waals surface area (Å²) >= 11 is 12.1. The van der Waals surface area contributed by atoms with Crippen LogP contribution in [-0.4, -0.2) is 17.7 Å². The fourth-order valence-electron chi connectivity index (χ4n) is 1.94. The Morgan fingerprint density at radius 2 is 1.96 bits per heavy atom. The molecule has 0 fully saturated rings. The zero-order chi connectivity index (χ0) is 17.7. The van der Waals surface area contributed by atoms with E-state index in [1.807, 2.05) is 6.07 Å². The van der Waals surface area contributed by atoms with E-state index in [2.05, 4.69) is 0 Å². The minimum Gasteiger partial charge on any atom is -0.479 e. The first-order valence-corrected chi connectivity index (χ1v) is 7.37. The van der Waals surface area contributed by atoms with Gasteiger partial charge in [-0.1, -0.05) is 35.3 Å². The predicted molar refractivity (Wildman–Crippen MR) is 89.5 cm³/mol. The van der Waals surface area contributed by atoms with Crippen LogP contribution < -0.4 is 4.74 Å². The lowest BCUT2D eigenvalue weighted by Gasteiger charge is -2.09. The summed E-state index contributed by atoms with van der Waals surface area (Å²) in [5, 5.41) is 18.1. The third-order valence-corrected chi connectivity index (χ3v) is 3.49. The van der Waals surface area contributed by atoms with Crippen LogP contribution >= 0.6 is 23.2 Å². The summed E-state index contributed by atoms with van der Waals surface area (Å²) in [5.41, 5.74) is 1.13. The minimum absolute atomic E-state index is 0.0437. The molecule has 2 aromatic carbocycles. The van der Waals surface area contributed by atoms with E-state index < -0.39 is 18.4 Å². The van der Waals surface area contributed by atoms with Gasteiger partial charge in [-0.15, -0.1) is 0 Å². The van der Waals surface area contributed by atoms with Crippen LogP contribution in [0.3, 0.4) is 0 Å². The molecule has 0 amide bonds. The van der Waals surface area contributed by atoms with Crippen molar-refractivity contribution in [1.29, 1.82) is 5.26 Å². The molecule has 0 aliphatic heterocycles. The summed E-state index contributed by atoms with van der Waals surface area (Å²) in [7, 11) is 0. The van der Waals surface area contributed by atoms with Crippen molar-refractivity contribution >= 4 is 40.8 Å². The van der Waals surface area contributed by atoms with Gasteiger partial charge in [-0.2, -0.15) is 5.26 Å². The lowest BCUT2D eigenvalue weighted by Crippen LogP contribution is -2.10. The molecule has 0 aliphatic rings. The van der Waals surface area contributed by atoms with Crippen molar-refractivity contribution in [3.8, 4) is 11.8 Å². The van der Waals surface area contributed by atoms with Gasteiger partial charge in [-0.3, -0.25) is 0 Å². The van der Waals surface area contributed by atoms with Gasteiger partial charge in [0.2, 0.25) is 0 Å². The standard InChI is InChI=1S/C17H10Cl2FNO3/c18-14-5-10(6-15(19)17(14)24-9-16(22)23)4-12(8-21)11-2-1-3-13(20)7-11/h1-7H,9H2,(H,22,23)/b12-4+. The molecule has 0 atom stereocenters. The van der Waals surface area contributed by atoms with Crippen LogP contribution in [0.1, 0.15) is 11.1 Å². The number of carboxylic acid groups (broad SMARTS) is 1. The molecule has 0 aliphatic carbocycles. The molecule has 0 unspecified atom stereocenters. The van der Waals surface area contributed by atoms with Gasteiger partial charge in [0.1, 0.15) is 5.82 Å². The maximum absolute atomic E-state index is 13.3. The number of benzene rings is 2. The highest BCUT2D eigenvalue weighted by atomic mass is 35.5. The number of hydrogen-bond acceptors (Lipinski definition) is 3. The first kappa shape index (κ1) is 17.8. The summed E-state index contributed by atoms with van der Waals surface area (Å²) in [5.74, 6) is -1.58. The van der Waals surface area contributed by atoms with Crippen molar-refractivity contribution < 1.29 is 19.0 Å². The summed E-state index contributed by atoms with van der Waals surface area (Å²) < 4.78 is 18.3. The average Bonchev–Trinajstić information content (AvgIpc) is 2.51. The quantitative estimate of drug-likeness (QED) is 0.617. The van der Waals surface area contributed by atoms with Crippen molar-refractivity contribution in [2.75, 3.05) is 6.61 Å². The van der Waals surface area contributed by atoms with E-state index >= 15 is 0 Å². The third kappa shape index (κ3) is 4.48. The van der Waals surface area contributed by atoms with Crippen molar-refractivity contribution in [1.82, 2.24) is 0 Å². The van der Waals surface area contributed by atoms with Gasteiger partial charge in [0.05, 0.1) is 21.7 Å². The third-order valence-electron chi connectivity index (χ3n) is 2.93. The zero-order valence-corrected chi connectivity index (χ0v) is 13.6. The summed E-state index contributed by atoms with van der Waals surface area (Å²) in [4.78, 5) is 10.5. The zero-order valence-electron chi connectivity index (χ0n) is 12.1. The van der Waals surface area contributed by atoms with Gasteiger partial charge in [-0.05, 0) is 41.5 Å². The van der Waals surface area contributed by atoms with E-state index in [1.54, 1.807) is 6.07 Å². The number of aliphatic carboxylic acids is 1. The number of rotatable bonds is 5. The number of nitriles is 1. The topological polar surface area (TPSA) is 70.3 Å². The van der Waals surface area contributed by atoms with Crippen LogP contribution in [0.5, 0.6) is 5.75 Å². The molecule has 0 aromatic heterocycles. The highest BCUT2D eigenvalue weighted by Crippen LogP contribution is 2.35. The molecule has 0 bridgehead atoms. The molecule has 1 N–H and O–H groups in total. The van der Waals surface area contributed by atoms with Crippen LogP contribution in [0, 0.1) is 17.1 Å². The average molecular weight is 366 g/mol. The van der Waals surface area contributed by atoms with E-state index in [0.29, 0.717) is 11.1 Å². The normalized spacial score (nSPS) is 11.0. The highest BCUT2D eigenvalue weighted by molar-refractivity contribution is 6.37. The molecule has 0 heterocycles. The number of halogens is 3. The van der Waals surface area contributed by atoms with E-state index in [-0.39, 0.29) is 21.4 Å². The second-order valence-corrected chi connectivity index (χ2v) is 5.49. The summed E-state index contributed by atoms with van der Waals surface area (Å²) in [6.45, 7) is -0.582. The molecular formula is C17H10Cl2FNO3. The van der Waals surface area contributed by atoms with E-state index in [0.717, 1.165) is 0 Å². The predicted octanol–water partition coefficient (Wildman–Crippen LogP) is 4.66. The summed E-state index contributed by atoms with van der Waals surface area (Å²) in [6.07, 6.45) is 1.49. The number of carbonyl (C=O) groups is 1. The second kappa shape index (κ2) is 7.82. The molecule has 0 radical (unpaired) electrons. The molecule has 0 spiro atoms. The van der Waals surface area contributed by atoms with Crippen molar-refractivity contribution in [3.05, 3.63) is 63.4 Å². The Labute approximate surface area is 147 Å². The van der Waals surface area contributed by atoms with Gasteiger partial charge < -0.3 is 9.84 Å². The van der Waals surface area contributed by atoms with Crippen LogP contribution in [0.4, 0.5) is 4.39 Å². The Kier molecular flexibility index (Phi) is 5.80. The maximum Gasteiger partial charge on any atom is 0.341 e. The molecule has 0 saturated carbocycles.